The van der Waals surface area contributed by atoms with Crippen molar-refractivity contribution < 1.29 is 18.3 Å². The largest absolute Gasteiger partial charge is 0.480 e. The van der Waals surface area contributed by atoms with E-state index in [9.17, 15) is 13.2 Å². The van der Waals surface area contributed by atoms with Crippen molar-refractivity contribution in [2.75, 3.05) is 6.54 Å². The van der Waals surface area contributed by atoms with Gasteiger partial charge in [0.25, 0.3) is 0 Å². The number of hydrogen-bond acceptors (Lipinski definition) is 4. The fourth-order valence-electron chi connectivity index (χ4n) is 1.79. The fraction of sp³-hybridized carbons (Fsp3) is 0.154. The predicted molar refractivity (Wildman–Crippen MR) is 74.7 cm³/mol. The Labute approximate surface area is 116 Å². The molecule has 0 bridgehead atoms. The van der Waals surface area contributed by atoms with E-state index in [1.165, 1.54) is 6.07 Å². The Morgan fingerprint density at radius 1 is 1.20 bits per heavy atom. The highest BCUT2D eigenvalue weighted by atomic mass is 32.2. The molecule has 0 aliphatic heterocycles. The summed E-state index contributed by atoms with van der Waals surface area (Å²) in [5.74, 6) is -1.26. The molecule has 0 heterocycles. The molecule has 0 spiro atoms. The summed E-state index contributed by atoms with van der Waals surface area (Å²) in [5.41, 5.74) is 5.29. The lowest BCUT2D eigenvalue weighted by atomic mass is 10.1. The van der Waals surface area contributed by atoms with Gasteiger partial charge in [-0.15, -0.1) is 0 Å². The van der Waals surface area contributed by atoms with E-state index in [1.807, 2.05) is 6.07 Å². The second-order valence-electron chi connectivity index (χ2n) is 4.27. The molecule has 106 valence electrons. The second-order valence-corrected chi connectivity index (χ2v) is 6.01. The van der Waals surface area contributed by atoms with E-state index in [1.54, 1.807) is 30.3 Å². The van der Waals surface area contributed by atoms with E-state index in [0.717, 1.165) is 5.39 Å². The highest BCUT2D eigenvalue weighted by Gasteiger charge is 2.20. The van der Waals surface area contributed by atoms with E-state index in [2.05, 4.69) is 4.72 Å². The first kappa shape index (κ1) is 14.4. The van der Waals surface area contributed by atoms with Crippen LogP contribution in [0.25, 0.3) is 10.8 Å². The highest BCUT2D eigenvalue weighted by Crippen LogP contribution is 2.22. The molecule has 1 atom stereocenters. The van der Waals surface area contributed by atoms with Gasteiger partial charge in [-0.05, 0) is 11.5 Å². The van der Waals surface area contributed by atoms with Crippen molar-refractivity contribution in [3.8, 4) is 0 Å². The highest BCUT2D eigenvalue weighted by molar-refractivity contribution is 7.89. The minimum Gasteiger partial charge on any atom is -0.480 e. The Hall–Kier alpha value is -1.96. The van der Waals surface area contributed by atoms with Crippen LogP contribution in [0.3, 0.4) is 0 Å². The van der Waals surface area contributed by atoms with Crippen LogP contribution in [-0.2, 0) is 14.8 Å². The Balaban J connectivity index is 2.35. The number of sulfonamides is 1. The normalized spacial score (nSPS) is 13.2. The molecule has 0 aromatic heterocycles. The van der Waals surface area contributed by atoms with Gasteiger partial charge in [-0.3, -0.25) is 4.79 Å². The summed E-state index contributed by atoms with van der Waals surface area (Å²) in [4.78, 5) is 10.7. The van der Waals surface area contributed by atoms with Crippen molar-refractivity contribution in [3.05, 3.63) is 42.5 Å². The minimum absolute atomic E-state index is 0.105. The van der Waals surface area contributed by atoms with Gasteiger partial charge in [-0.25, -0.2) is 13.1 Å². The standard InChI is InChI=1S/C13H14N2O4S/c14-11(13(16)17)8-15-20(18,19)12-7-3-5-9-4-1-2-6-10(9)12/h1-7,11,15H,8,14H2,(H,16,17). The third-order valence-electron chi connectivity index (χ3n) is 2.85. The lowest BCUT2D eigenvalue weighted by molar-refractivity contribution is -0.138. The smallest absolute Gasteiger partial charge is 0.321 e. The van der Waals surface area contributed by atoms with Crippen LogP contribution in [0.5, 0.6) is 0 Å². The molecule has 0 aliphatic carbocycles. The molecule has 2 aromatic carbocycles. The van der Waals surface area contributed by atoms with E-state index < -0.39 is 22.0 Å². The number of rotatable bonds is 5. The average molecular weight is 294 g/mol. The molecule has 0 saturated heterocycles. The van der Waals surface area contributed by atoms with Crippen molar-refractivity contribution >= 4 is 26.8 Å². The first-order valence-corrected chi connectivity index (χ1v) is 7.36. The van der Waals surface area contributed by atoms with Gasteiger partial charge in [-0.1, -0.05) is 36.4 Å². The first-order chi connectivity index (χ1) is 9.42. The maximum atomic E-state index is 12.2. The number of carboxylic acids is 1. The summed E-state index contributed by atoms with van der Waals surface area (Å²) in [7, 11) is -3.81. The van der Waals surface area contributed by atoms with Gasteiger partial charge >= 0.3 is 5.97 Å². The third kappa shape index (κ3) is 2.96. The zero-order valence-electron chi connectivity index (χ0n) is 10.5. The summed E-state index contributed by atoms with van der Waals surface area (Å²) in [6, 6.07) is 10.7. The van der Waals surface area contributed by atoms with Crippen LogP contribution in [-0.4, -0.2) is 32.1 Å². The van der Waals surface area contributed by atoms with Crippen LogP contribution in [0.15, 0.2) is 47.4 Å². The summed E-state index contributed by atoms with van der Waals surface area (Å²) in [6.45, 7) is -0.360. The zero-order valence-corrected chi connectivity index (χ0v) is 11.3. The van der Waals surface area contributed by atoms with E-state index in [4.69, 9.17) is 10.8 Å². The molecule has 7 heteroatoms. The predicted octanol–water partition coefficient (Wildman–Crippen LogP) is 0.530. The van der Waals surface area contributed by atoms with Crippen molar-refractivity contribution in [3.63, 3.8) is 0 Å². The van der Waals surface area contributed by atoms with Gasteiger partial charge in [0.2, 0.25) is 10.0 Å². The Kier molecular flexibility index (Phi) is 4.03. The maximum absolute atomic E-state index is 12.2. The van der Waals surface area contributed by atoms with Crippen LogP contribution in [0, 0.1) is 0 Å². The number of nitrogens with one attached hydrogen (secondary N) is 1. The maximum Gasteiger partial charge on any atom is 0.321 e. The minimum atomic E-state index is -3.81. The summed E-state index contributed by atoms with van der Waals surface area (Å²) in [6.07, 6.45) is 0. The number of nitrogens with two attached hydrogens (primary N) is 1. The van der Waals surface area contributed by atoms with Crippen LogP contribution >= 0.6 is 0 Å². The van der Waals surface area contributed by atoms with Crippen LogP contribution in [0.1, 0.15) is 0 Å². The van der Waals surface area contributed by atoms with Crippen molar-refractivity contribution in [1.82, 2.24) is 4.72 Å². The van der Waals surface area contributed by atoms with Crippen LogP contribution in [0.4, 0.5) is 0 Å². The number of fused-ring (bicyclic) bond motifs is 1. The number of aliphatic carboxylic acids is 1. The van der Waals surface area contributed by atoms with E-state index in [-0.39, 0.29) is 11.4 Å². The molecule has 0 amide bonds. The van der Waals surface area contributed by atoms with Gasteiger partial charge in [0, 0.05) is 11.9 Å². The Morgan fingerprint density at radius 3 is 2.55 bits per heavy atom. The first-order valence-electron chi connectivity index (χ1n) is 5.87. The fourth-order valence-corrected chi connectivity index (χ4v) is 3.08. The number of benzene rings is 2. The van der Waals surface area contributed by atoms with Gasteiger partial charge in [0.15, 0.2) is 0 Å². The number of carbonyl (C=O) groups is 1. The van der Waals surface area contributed by atoms with Gasteiger partial charge < -0.3 is 10.8 Å². The lowest BCUT2D eigenvalue weighted by Gasteiger charge is -2.11. The molecule has 1 unspecified atom stereocenters. The molecular formula is C13H14N2O4S. The summed E-state index contributed by atoms with van der Waals surface area (Å²) >= 11 is 0. The zero-order chi connectivity index (χ0) is 14.8. The van der Waals surface area contributed by atoms with Gasteiger partial charge in [0.1, 0.15) is 6.04 Å². The molecule has 20 heavy (non-hydrogen) atoms. The lowest BCUT2D eigenvalue weighted by Crippen LogP contribution is -2.42. The third-order valence-corrected chi connectivity index (χ3v) is 4.33. The van der Waals surface area contributed by atoms with E-state index >= 15 is 0 Å². The molecule has 0 aliphatic rings. The Bertz CT molecular complexity index is 738. The van der Waals surface area contributed by atoms with Crippen LogP contribution in [0.2, 0.25) is 0 Å². The topological polar surface area (TPSA) is 109 Å². The molecule has 4 N–H and O–H groups in total. The van der Waals surface area contributed by atoms with Crippen LogP contribution < -0.4 is 10.5 Å². The average Bonchev–Trinajstić information content (AvgIpc) is 2.44. The van der Waals surface area contributed by atoms with E-state index in [0.29, 0.717) is 5.39 Å². The quantitative estimate of drug-likeness (QED) is 0.745. The SMILES string of the molecule is NC(CNS(=O)(=O)c1cccc2ccccc12)C(=O)O. The summed E-state index contributed by atoms with van der Waals surface area (Å²) in [5, 5.41) is 10.0. The van der Waals surface area contributed by atoms with Crippen molar-refractivity contribution in [2.45, 2.75) is 10.9 Å². The molecule has 6 nitrogen and oxygen atoms in total. The molecule has 0 saturated carbocycles. The molecular weight excluding hydrogens is 280 g/mol. The summed E-state index contributed by atoms with van der Waals surface area (Å²) < 4.78 is 26.6. The molecule has 0 radical (unpaired) electrons. The molecule has 0 fully saturated rings. The number of carboxylic acid groups (broad SMARTS) is 1. The Morgan fingerprint density at radius 2 is 1.85 bits per heavy atom. The molecule has 2 aromatic rings. The number of hydrogen-bond donors (Lipinski definition) is 3. The van der Waals surface area contributed by atoms with Gasteiger partial charge in [-0.2, -0.15) is 0 Å². The van der Waals surface area contributed by atoms with Crippen molar-refractivity contribution in [2.24, 2.45) is 5.73 Å². The van der Waals surface area contributed by atoms with Gasteiger partial charge in [0.05, 0.1) is 4.90 Å². The second kappa shape index (κ2) is 5.58. The van der Waals surface area contributed by atoms with Crippen molar-refractivity contribution in [1.29, 1.82) is 0 Å². The molecule has 2 rings (SSSR count). The monoisotopic (exact) mass is 294 g/mol.